The van der Waals surface area contributed by atoms with Gasteiger partial charge in [0.15, 0.2) is 15.9 Å². The molecule has 0 aromatic heterocycles. The molecular formula is C17H18BrNO4S. The fourth-order valence-electron chi connectivity index (χ4n) is 1.98. The predicted molar refractivity (Wildman–Crippen MR) is 97.2 cm³/mol. The van der Waals surface area contributed by atoms with Crippen LogP contribution in [0.2, 0.25) is 0 Å². The summed E-state index contributed by atoms with van der Waals surface area (Å²) in [5.74, 6) is 0.125. The quantitative estimate of drug-likeness (QED) is 0.815. The summed E-state index contributed by atoms with van der Waals surface area (Å²) in [6.07, 6.45) is 0.403. The lowest BCUT2D eigenvalue weighted by molar-refractivity contribution is -0.122. The van der Waals surface area contributed by atoms with Crippen molar-refractivity contribution in [2.75, 3.05) is 11.6 Å². The Morgan fingerprint density at radius 1 is 1.17 bits per heavy atom. The van der Waals surface area contributed by atoms with Crippen LogP contribution in [0.4, 0.5) is 5.69 Å². The number of sulfone groups is 1. The van der Waals surface area contributed by atoms with E-state index in [4.69, 9.17) is 4.74 Å². The van der Waals surface area contributed by atoms with E-state index in [9.17, 15) is 13.2 Å². The summed E-state index contributed by atoms with van der Waals surface area (Å²) in [5, 5.41) is 2.79. The van der Waals surface area contributed by atoms with E-state index in [-0.39, 0.29) is 10.8 Å². The lowest BCUT2D eigenvalue weighted by Crippen LogP contribution is -2.30. The average molecular weight is 412 g/mol. The molecule has 5 nitrogen and oxygen atoms in total. The number of rotatable bonds is 5. The molecule has 0 fully saturated rings. The van der Waals surface area contributed by atoms with Crippen LogP contribution < -0.4 is 10.1 Å². The van der Waals surface area contributed by atoms with E-state index < -0.39 is 15.9 Å². The van der Waals surface area contributed by atoms with E-state index >= 15 is 0 Å². The van der Waals surface area contributed by atoms with Gasteiger partial charge in [-0.2, -0.15) is 0 Å². The Bertz CT molecular complexity index is 847. The van der Waals surface area contributed by atoms with Gasteiger partial charge in [-0.25, -0.2) is 8.42 Å². The van der Waals surface area contributed by atoms with Gasteiger partial charge in [0.25, 0.3) is 5.91 Å². The molecule has 0 bridgehead atoms. The van der Waals surface area contributed by atoms with Crippen molar-refractivity contribution in [3.8, 4) is 5.75 Å². The Morgan fingerprint density at radius 3 is 2.33 bits per heavy atom. The second-order valence-corrected chi connectivity index (χ2v) is 8.35. The lowest BCUT2D eigenvalue weighted by Gasteiger charge is -2.16. The Kier molecular flexibility index (Phi) is 5.66. The molecule has 0 saturated heterocycles. The first-order valence-corrected chi connectivity index (χ1v) is 9.89. The molecule has 128 valence electrons. The molecule has 0 aliphatic heterocycles. The van der Waals surface area contributed by atoms with Crippen LogP contribution in [0.5, 0.6) is 5.75 Å². The highest BCUT2D eigenvalue weighted by Crippen LogP contribution is 2.24. The number of ether oxygens (including phenoxy) is 1. The molecule has 1 atom stereocenters. The van der Waals surface area contributed by atoms with Gasteiger partial charge in [0, 0.05) is 10.7 Å². The monoisotopic (exact) mass is 411 g/mol. The van der Waals surface area contributed by atoms with Crippen LogP contribution in [0.3, 0.4) is 0 Å². The van der Waals surface area contributed by atoms with Crippen molar-refractivity contribution in [1.82, 2.24) is 0 Å². The standard InChI is InChI=1S/C17H18BrNO4S/c1-11-4-9-16(15(18)10-11)19-17(20)12(2)23-13-5-7-14(8-6-13)24(3,21)22/h4-10,12H,1-3H3,(H,19,20). The third kappa shape index (κ3) is 4.82. The molecule has 0 saturated carbocycles. The van der Waals surface area contributed by atoms with Crippen LogP contribution >= 0.6 is 15.9 Å². The topological polar surface area (TPSA) is 72.5 Å². The first kappa shape index (κ1) is 18.5. The van der Waals surface area contributed by atoms with Gasteiger partial charge < -0.3 is 10.1 Å². The van der Waals surface area contributed by atoms with Gasteiger partial charge in [-0.05, 0) is 71.7 Å². The first-order valence-electron chi connectivity index (χ1n) is 7.20. The maximum absolute atomic E-state index is 12.2. The molecule has 1 unspecified atom stereocenters. The summed E-state index contributed by atoms with van der Waals surface area (Å²) < 4.78 is 29.2. The van der Waals surface area contributed by atoms with Crippen molar-refractivity contribution in [3.05, 3.63) is 52.5 Å². The fraction of sp³-hybridized carbons (Fsp3) is 0.235. The van der Waals surface area contributed by atoms with Gasteiger partial charge in [-0.15, -0.1) is 0 Å². The van der Waals surface area contributed by atoms with E-state index in [0.29, 0.717) is 11.4 Å². The molecule has 0 aliphatic rings. The van der Waals surface area contributed by atoms with Crippen LogP contribution in [0.1, 0.15) is 12.5 Å². The highest BCUT2D eigenvalue weighted by Gasteiger charge is 2.16. The molecule has 2 aromatic rings. The molecule has 7 heteroatoms. The summed E-state index contributed by atoms with van der Waals surface area (Å²) in [4.78, 5) is 12.4. The Labute approximate surface area is 150 Å². The van der Waals surface area contributed by atoms with E-state index in [1.165, 1.54) is 24.3 Å². The van der Waals surface area contributed by atoms with Gasteiger partial charge in [-0.3, -0.25) is 4.79 Å². The van der Waals surface area contributed by atoms with E-state index in [1.54, 1.807) is 6.92 Å². The summed E-state index contributed by atoms with van der Waals surface area (Å²) in [5.41, 5.74) is 1.74. The van der Waals surface area contributed by atoms with Gasteiger partial charge >= 0.3 is 0 Å². The molecule has 0 aliphatic carbocycles. The number of benzene rings is 2. The number of hydrogen-bond acceptors (Lipinski definition) is 4. The number of nitrogens with one attached hydrogen (secondary N) is 1. The Balaban J connectivity index is 2.03. The molecule has 1 amide bonds. The van der Waals surface area contributed by atoms with Crippen LogP contribution in [0, 0.1) is 6.92 Å². The predicted octanol–water partition coefficient (Wildman–Crippen LogP) is 3.57. The van der Waals surface area contributed by atoms with Crippen LogP contribution in [0.15, 0.2) is 51.8 Å². The third-order valence-electron chi connectivity index (χ3n) is 3.32. The fourth-order valence-corrected chi connectivity index (χ4v) is 3.20. The van der Waals surface area contributed by atoms with Gasteiger partial charge in [0.1, 0.15) is 5.75 Å². The van der Waals surface area contributed by atoms with Gasteiger partial charge in [-0.1, -0.05) is 6.07 Å². The summed E-state index contributed by atoms with van der Waals surface area (Å²) in [7, 11) is -3.25. The number of hydrogen-bond donors (Lipinski definition) is 1. The molecular weight excluding hydrogens is 394 g/mol. The minimum Gasteiger partial charge on any atom is -0.481 e. The normalized spacial score (nSPS) is 12.5. The third-order valence-corrected chi connectivity index (χ3v) is 5.10. The van der Waals surface area contributed by atoms with Crippen molar-refractivity contribution in [2.24, 2.45) is 0 Å². The van der Waals surface area contributed by atoms with Crippen LogP contribution in [-0.2, 0) is 14.6 Å². The van der Waals surface area contributed by atoms with E-state index in [1.807, 2.05) is 25.1 Å². The molecule has 1 N–H and O–H groups in total. The number of carbonyl (C=O) groups excluding carboxylic acids is 1. The molecule has 0 spiro atoms. The summed E-state index contributed by atoms with van der Waals surface area (Å²) >= 11 is 3.41. The van der Waals surface area contributed by atoms with Gasteiger partial charge in [0.2, 0.25) is 0 Å². The average Bonchev–Trinajstić information content (AvgIpc) is 2.49. The molecule has 24 heavy (non-hydrogen) atoms. The highest BCUT2D eigenvalue weighted by atomic mass is 79.9. The zero-order valence-electron chi connectivity index (χ0n) is 13.5. The minimum atomic E-state index is -3.25. The maximum atomic E-state index is 12.2. The maximum Gasteiger partial charge on any atom is 0.265 e. The Morgan fingerprint density at radius 2 is 1.79 bits per heavy atom. The zero-order valence-corrected chi connectivity index (χ0v) is 15.9. The van der Waals surface area contributed by atoms with Crippen molar-refractivity contribution in [3.63, 3.8) is 0 Å². The first-order chi connectivity index (χ1) is 11.2. The van der Waals surface area contributed by atoms with Crippen molar-refractivity contribution >= 4 is 37.4 Å². The number of aryl methyl sites for hydroxylation is 1. The molecule has 2 rings (SSSR count). The smallest absolute Gasteiger partial charge is 0.265 e. The lowest BCUT2D eigenvalue weighted by atomic mass is 10.2. The molecule has 0 heterocycles. The van der Waals surface area contributed by atoms with Crippen molar-refractivity contribution in [2.45, 2.75) is 24.8 Å². The summed E-state index contributed by atoms with van der Waals surface area (Å²) in [6, 6.07) is 11.6. The van der Waals surface area contributed by atoms with Crippen molar-refractivity contribution in [1.29, 1.82) is 0 Å². The minimum absolute atomic E-state index is 0.204. The molecule has 0 radical (unpaired) electrons. The van der Waals surface area contributed by atoms with Crippen LogP contribution in [-0.4, -0.2) is 26.7 Å². The SMILES string of the molecule is Cc1ccc(NC(=O)C(C)Oc2ccc(S(C)(=O)=O)cc2)c(Br)c1. The van der Waals surface area contributed by atoms with Crippen LogP contribution in [0.25, 0.3) is 0 Å². The number of halogens is 1. The second kappa shape index (κ2) is 7.36. The van der Waals surface area contributed by atoms with E-state index in [0.717, 1.165) is 16.3 Å². The largest absolute Gasteiger partial charge is 0.481 e. The highest BCUT2D eigenvalue weighted by molar-refractivity contribution is 9.10. The second-order valence-electron chi connectivity index (χ2n) is 5.48. The number of carbonyl (C=O) groups is 1. The number of amides is 1. The Hall–Kier alpha value is -1.86. The van der Waals surface area contributed by atoms with E-state index in [2.05, 4.69) is 21.2 Å². The van der Waals surface area contributed by atoms with Gasteiger partial charge in [0.05, 0.1) is 10.6 Å². The zero-order chi connectivity index (χ0) is 17.9. The number of anilines is 1. The van der Waals surface area contributed by atoms with Crippen molar-refractivity contribution < 1.29 is 17.9 Å². The summed E-state index contributed by atoms with van der Waals surface area (Å²) in [6.45, 7) is 3.59. The molecule has 2 aromatic carbocycles.